The molecule has 1 aromatic rings. The van der Waals surface area contributed by atoms with Crippen LogP contribution in [0.3, 0.4) is 0 Å². The molecule has 3 unspecified atom stereocenters. The molecule has 3 nitrogen and oxygen atoms in total. The number of nitrogens with one attached hydrogen (secondary N) is 2. The Kier molecular flexibility index (Phi) is 4.78. The Balaban J connectivity index is 1.87. The third-order valence-electron chi connectivity index (χ3n) is 3.81. The first-order valence-corrected chi connectivity index (χ1v) is 7.70. The molecule has 1 aliphatic heterocycles. The lowest BCUT2D eigenvalue weighted by atomic mass is 9.90. The Morgan fingerprint density at radius 2 is 2.50 bits per heavy atom. The summed E-state index contributed by atoms with van der Waals surface area (Å²) >= 11 is 1.67. The van der Waals surface area contributed by atoms with Crippen LogP contribution in [0.2, 0.25) is 0 Å². The normalized spacial score (nSPS) is 25.7. The number of carbonyl (C=O) groups is 1. The average molecular weight is 266 g/mol. The number of thiophene rings is 1. The Morgan fingerprint density at radius 3 is 3.17 bits per heavy atom. The molecule has 2 rings (SSSR count). The summed E-state index contributed by atoms with van der Waals surface area (Å²) in [5.74, 6) is 0.838. The molecule has 2 heterocycles. The molecule has 1 aliphatic rings. The minimum atomic E-state index is -0.00946. The van der Waals surface area contributed by atoms with Crippen molar-refractivity contribution in [2.75, 3.05) is 6.54 Å². The number of hydrogen-bond donors (Lipinski definition) is 2. The predicted octanol–water partition coefficient (Wildman–Crippen LogP) is 2.70. The summed E-state index contributed by atoms with van der Waals surface area (Å²) in [5.41, 5.74) is 1.19. The molecule has 0 saturated carbocycles. The third kappa shape index (κ3) is 3.33. The maximum absolute atomic E-state index is 12.2. The number of rotatable bonds is 4. The second-order valence-electron chi connectivity index (χ2n) is 5.09. The van der Waals surface area contributed by atoms with Gasteiger partial charge in [-0.1, -0.05) is 13.3 Å². The van der Waals surface area contributed by atoms with Crippen molar-refractivity contribution in [3.05, 3.63) is 22.4 Å². The van der Waals surface area contributed by atoms with Gasteiger partial charge in [0.15, 0.2) is 0 Å². The molecule has 2 N–H and O–H groups in total. The monoisotopic (exact) mass is 266 g/mol. The van der Waals surface area contributed by atoms with Gasteiger partial charge in [-0.25, -0.2) is 0 Å². The maximum atomic E-state index is 12.2. The van der Waals surface area contributed by atoms with E-state index in [0.717, 1.165) is 13.0 Å². The van der Waals surface area contributed by atoms with Crippen molar-refractivity contribution in [1.82, 2.24) is 10.6 Å². The van der Waals surface area contributed by atoms with Gasteiger partial charge in [-0.05, 0) is 54.6 Å². The summed E-state index contributed by atoms with van der Waals surface area (Å²) in [4.78, 5) is 12.2. The van der Waals surface area contributed by atoms with E-state index in [1.807, 2.05) is 12.3 Å². The fourth-order valence-electron chi connectivity index (χ4n) is 2.49. The summed E-state index contributed by atoms with van der Waals surface area (Å²) < 4.78 is 0. The van der Waals surface area contributed by atoms with E-state index in [4.69, 9.17) is 0 Å². The smallest absolute Gasteiger partial charge is 0.237 e. The van der Waals surface area contributed by atoms with Gasteiger partial charge in [0.2, 0.25) is 5.91 Å². The molecule has 4 heteroatoms. The molecule has 1 aromatic heterocycles. The average Bonchev–Trinajstić information content (AvgIpc) is 2.92. The summed E-state index contributed by atoms with van der Waals surface area (Å²) in [6.45, 7) is 5.21. The van der Waals surface area contributed by atoms with E-state index in [9.17, 15) is 4.79 Å². The van der Waals surface area contributed by atoms with Crippen LogP contribution in [-0.4, -0.2) is 18.5 Å². The molecule has 0 aromatic carbocycles. The van der Waals surface area contributed by atoms with E-state index in [-0.39, 0.29) is 18.0 Å². The zero-order chi connectivity index (χ0) is 13.0. The highest BCUT2D eigenvalue weighted by atomic mass is 32.1. The van der Waals surface area contributed by atoms with Crippen molar-refractivity contribution in [2.45, 2.75) is 45.2 Å². The fourth-order valence-corrected chi connectivity index (χ4v) is 3.24. The van der Waals surface area contributed by atoms with Gasteiger partial charge in [0.25, 0.3) is 0 Å². The van der Waals surface area contributed by atoms with Gasteiger partial charge in [0.05, 0.1) is 12.1 Å². The van der Waals surface area contributed by atoms with Gasteiger partial charge in [-0.15, -0.1) is 0 Å². The molecule has 0 bridgehead atoms. The van der Waals surface area contributed by atoms with Crippen molar-refractivity contribution in [3.8, 4) is 0 Å². The third-order valence-corrected chi connectivity index (χ3v) is 4.51. The molecule has 18 heavy (non-hydrogen) atoms. The number of carbonyl (C=O) groups excluding carboxylic acids is 1. The second kappa shape index (κ2) is 6.34. The highest BCUT2D eigenvalue weighted by Gasteiger charge is 2.26. The van der Waals surface area contributed by atoms with Crippen LogP contribution >= 0.6 is 11.3 Å². The number of amides is 1. The maximum Gasteiger partial charge on any atom is 0.237 e. The first-order valence-electron chi connectivity index (χ1n) is 6.76. The molecule has 0 aliphatic carbocycles. The van der Waals surface area contributed by atoms with Crippen molar-refractivity contribution in [2.24, 2.45) is 5.92 Å². The standard InChI is InChI=1S/C14H22N2OS/c1-3-11-4-6-15-13(8-11)14(17)16-10(2)12-5-7-18-9-12/h5,7,9-11,13,15H,3-4,6,8H2,1-2H3,(H,16,17). The molecule has 100 valence electrons. The van der Waals surface area contributed by atoms with Gasteiger partial charge in [0, 0.05) is 0 Å². The Labute approximate surface area is 113 Å². The Hall–Kier alpha value is -0.870. The van der Waals surface area contributed by atoms with Gasteiger partial charge in [-0.2, -0.15) is 11.3 Å². The van der Waals surface area contributed by atoms with Crippen molar-refractivity contribution >= 4 is 17.2 Å². The van der Waals surface area contributed by atoms with Crippen molar-refractivity contribution in [1.29, 1.82) is 0 Å². The van der Waals surface area contributed by atoms with E-state index in [1.165, 1.54) is 18.4 Å². The molecule has 3 atom stereocenters. The van der Waals surface area contributed by atoms with Crippen LogP contribution in [-0.2, 0) is 4.79 Å². The lowest BCUT2D eigenvalue weighted by Crippen LogP contribution is -2.49. The summed E-state index contributed by atoms with van der Waals surface area (Å²) in [6, 6.07) is 2.16. The molecule has 0 radical (unpaired) electrons. The SMILES string of the molecule is CCC1CCNC(C(=O)NC(C)c2ccsc2)C1. The molecule has 1 amide bonds. The number of hydrogen-bond acceptors (Lipinski definition) is 3. The zero-order valence-electron chi connectivity index (χ0n) is 11.1. The largest absolute Gasteiger partial charge is 0.348 e. The lowest BCUT2D eigenvalue weighted by Gasteiger charge is -2.29. The van der Waals surface area contributed by atoms with Crippen molar-refractivity contribution < 1.29 is 4.79 Å². The number of piperidine rings is 1. The fraction of sp³-hybridized carbons (Fsp3) is 0.643. The highest BCUT2D eigenvalue weighted by Crippen LogP contribution is 2.21. The highest BCUT2D eigenvalue weighted by molar-refractivity contribution is 7.07. The van der Waals surface area contributed by atoms with Crippen molar-refractivity contribution in [3.63, 3.8) is 0 Å². The van der Waals surface area contributed by atoms with Crippen LogP contribution in [0.5, 0.6) is 0 Å². The summed E-state index contributed by atoms with van der Waals surface area (Å²) in [6.07, 6.45) is 3.34. The van der Waals surface area contributed by atoms with E-state index in [2.05, 4.69) is 29.0 Å². The Bertz CT molecular complexity index is 377. The first-order chi connectivity index (χ1) is 8.70. The minimum absolute atomic E-state index is 0.00946. The second-order valence-corrected chi connectivity index (χ2v) is 5.87. The first kappa shape index (κ1) is 13.6. The van der Waals surface area contributed by atoms with Gasteiger partial charge in [-0.3, -0.25) is 4.79 Å². The van der Waals surface area contributed by atoms with Crippen LogP contribution < -0.4 is 10.6 Å². The van der Waals surface area contributed by atoms with Crippen LogP contribution in [0, 0.1) is 5.92 Å². The lowest BCUT2D eigenvalue weighted by molar-refractivity contribution is -0.124. The summed E-state index contributed by atoms with van der Waals surface area (Å²) in [5, 5.41) is 10.6. The van der Waals surface area contributed by atoms with Crippen LogP contribution in [0.4, 0.5) is 0 Å². The quantitative estimate of drug-likeness (QED) is 0.880. The molecular formula is C14H22N2OS. The molecule has 1 fully saturated rings. The molecule has 0 spiro atoms. The van der Waals surface area contributed by atoms with E-state index in [0.29, 0.717) is 5.92 Å². The van der Waals surface area contributed by atoms with Crippen LogP contribution in [0.25, 0.3) is 0 Å². The summed E-state index contributed by atoms with van der Waals surface area (Å²) in [7, 11) is 0. The minimum Gasteiger partial charge on any atom is -0.348 e. The van der Waals surface area contributed by atoms with Crippen LogP contribution in [0.15, 0.2) is 16.8 Å². The van der Waals surface area contributed by atoms with E-state index < -0.39 is 0 Å². The van der Waals surface area contributed by atoms with E-state index >= 15 is 0 Å². The molecular weight excluding hydrogens is 244 g/mol. The Morgan fingerprint density at radius 1 is 1.67 bits per heavy atom. The predicted molar refractivity (Wildman–Crippen MR) is 75.7 cm³/mol. The topological polar surface area (TPSA) is 41.1 Å². The van der Waals surface area contributed by atoms with Gasteiger partial charge >= 0.3 is 0 Å². The van der Waals surface area contributed by atoms with Gasteiger partial charge in [0.1, 0.15) is 0 Å². The molecule has 1 saturated heterocycles. The zero-order valence-corrected chi connectivity index (χ0v) is 11.9. The van der Waals surface area contributed by atoms with Crippen LogP contribution in [0.1, 0.15) is 44.7 Å². The van der Waals surface area contributed by atoms with E-state index in [1.54, 1.807) is 11.3 Å². The van der Waals surface area contributed by atoms with Gasteiger partial charge < -0.3 is 10.6 Å².